The summed E-state index contributed by atoms with van der Waals surface area (Å²) in [6.07, 6.45) is 4.56. The zero-order chi connectivity index (χ0) is 19.8. The lowest BCUT2D eigenvalue weighted by Gasteiger charge is -2.22. The van der Waals surface area contributed by atoms with E-state index in [1.54, 1.807) is 35.3 Å². The van der Waals surface area contributed by atoms with Crippen LogP contribution in [0.5, 0.6) is 6.01 Å². The molecule has 0 unspecified atom stereocenters. The maximum atomic E-state index is 14.3. The predicted octanol–water partition coefficient (Wildman–Crippen LogP) is 2.68. The Kier molecular flexibility index (Phi) is 4.09. The van der Waals surface area contributed by atoms with Crippen molar-refractivity contribution in [3.8, 4) is 17.4 Å². The van der Waals surface area contributed by atoms with Gasteiger partial charge in [0, 0.05) is 18.0 Å². The molecular weight excluding hydrogens is 375 g/mol. The molecule has 0 aliphatic carbocycles. The Bertz CT molecular complexity index is 1120. The number of hydrogen-bond acceptors (Lipinski definition) is 6. The summed E-state index contributed by atoms with van der Waals surface area (Å²) in [6.45, 7) is 2.26. The lowest BCUT2D eigenvalue weighted by atomic mass is 9.94. The molecule has 2 aromatic carbocycles. The summed E-state index contributed by atoms with van der Waals surface area (Å²) in [5.41, 5.74) is 1.39. The van der Waals surface area contributed by atoms with E-state index >= 15 is 0 Å². The summed E-state index contributed by atoms with van der Waals surface area (Å²) < 4.78 is 29.4. The maximum Gasteiger partial charge on any atom is 0.301 e. The van der Waals surface area contributed by atoms with E-state index in [1.807, 2.05) is 35.8 Å². The molecule has 29 heavy (non-hydrogen) atoms. The van der Waals surface area contributed by atoms with Crippen LogP contribution in [0.25, 0.3) is 11.4 Å². The molecule has 1 aliphatic heterocycles. The first-order chi connectivity index (χ1) is 14.2. The van der Waals surface area contributed by atoms with Gasteiger partial charge in [-0.3, -0.25) is 4.57 Å². The second kappa shape index (κ2) is 6.78. The van der Waals surface area contributed by atoms with Gasteiger partial charge in [-0.05, 0) is 47.7 Å². The van der Waals surface area contributed by atoms with Gasteiger partial charge >= 0.3 is 6.01 Å². The fourth-order valence-electron chi connectivity index (χ4n) is 3.36. The lowest BCUT2D eigenvalue weighted by molar-refractivity contribution is 0.0964. The highest BCUT2D eigenvalue weighted by Gasteiger charge is 2.54. The minimum Gasteiger partial charge on any atom is -0.458 e. The SMILES string of the molecule is C[C@@H](Oc1nccn1-c1ccc(-n2cnnn2)cc1)[C@@]1(c2ccccc2F)CO1. The number of tetrazole rings is 1. The first-order valence-corrected chi connectivity index (χ1v) is 9.10. The van der Waals surface area contributed by atoms with E-state index in [1.165, 1.54) is 12.4 Å². The van der Waals surface area contributed by atoms with Gasteiger partial charge in [0.25, 0.3) is 0 Å². The van der Waals surface area contributed by atoms with Crippen molar-refractivity contribution in [2.45, 2.75) is 18.6 Å². The number of benzene rings is 2. The van der Waals surface area contributed by atoms with Crippen LogP contribution in [0.3, 0.4) is 0 Å². The fourth-order valence-corrected chi connectivity index (χ4v) is 3.36. The van der Waals surface area contributed by atoms with E-state index < -0.39 is 11.7 Å². The number of imidazole rings is 1. The third kappa shape index (κ3) is 3.05. The number of nitrogens with zero attached hydrogens (tertiary/aromatic N) is 6. The van der Waals surface area contributed by atoms with Crippen LogP contribution in [0, 0.1) is 5.82 Å². The zero-order valence-electron chi connectivity index (χ0n) is 15.5. The van der Waals surface area contributed by atoms with Crippen molar-refractivity contribution in [3.05, 3.63) is 78.6 Å². The van der Waals surface area contributed by atoms with Crippen LogP contribution in [0.2, 0.25) is 0 Å². The van der Waals surface area contributed by atoms with Gasteiger partial charge < -0.3 is 9.47 Å². The molecule has 2 aromatic heterocycles. The molecule has 0 radical (unpaired) electrons. The molecule has 2 atom stereocenters. The molecule has 9 heteroatoms. The van der Waals surface area contributed by atoms with E-state index in [2.05, 4.69) is 20.5 Å². The molecule has 0 amide bonds. The number of ether oxygens (including phenoxy) is 2. The summed E-state index contributed by atoms with van der Waals surface area (Å²) in [4.78, 5) is 4.32. The molecule has 0 saturated carbocycles. The molecule has 4 aromatic rings. The van der Waals surface area contributed by atoms with Crippen LogP contribution in [0.1, 0.15) is 12.5 Å². The summed E-state index contributed by atoms with van der Waals surface area (Å²) in [7, 11) is 0. The number of halogens is 1. The van der Waals surface area contributed by atoms with Crippen molar-refractivity contribution in [1.82, 2.24) is 29.8 Å². The minimum absolute atomic E-state index is 0.304. The summed E-state index contributed by atoms with van der Waals surface area (Å²) in [6, 6.07) is 14.6. The number of epoxide rings is 1. The van der Waals surface area contributed by atoms with Crippen LogP contribution in [0.4, 0.5) is 4.39 Å². The molecule has 1 fully saturated rings. The molecule has 1 saturated heterocycles. The number of rotatable bonds is 6. The minimum atomic E-state index is -0.800. The molecule has 0 N–H and O–H groups in total. The summed E-state index contributed by atoms with van der Waals surface area (Å²) >= 11 is 0. The highest BCUT2D eigenvalue weighted by Crippen LogP contribution is 2.44. The Morgan fingerprint density at radius 2 is 1.90 bits per heavy atom. The van der Waals surface area contributed by atoms with Crippen LogP contribution >= 0.6 is 0 Å². The second-order valence-corrected chi connectivity index (χ2v) is 6.77. The smallest absolute Gasteiger partial charge is 0.301 e. The van der Waals surface area contributed by atoms with Crippen molar-refractivity contribution in [2.75, 3.05) is 6.61 Å². The van der Waals surface area contributed by atoms with Gasteiger partial charge in [-0.15, -0.1) is 5.10 Å². The Balaban J connectivity index is 1.39. The quantitative estimate of drug-likeness (QED) is 0.469. The first-order valence-electron chi connectivity index (χ1n) is 9.10. The topological polar surface area (TPSA) is 83.2 Å². The van der Waals surface area contributed by atoms with Gasteiger partial charge in [0.15, 0.2) is 5.60 Å². The Morgan fingerprint density at radius 1 is 1.14 bits per heavy atom. The zero-order valence-corrected chi connectivity index (χ0v) is 15.5. The van der Waals surface area contributed by atoms with Gasteiger partial charge in [-0.25, -0.2) is 14.1 Å². The monoisotopic (exact) mass is 392 g/mol. The molecule has 3 heterocycles. The molecule has 146 valence electrons. The normalized spacial score (nSPS) is 19.1. The van der Waals surface area contributed by atoms with Crippen LogP contribution in [-0.4, -0.2) is 42.5 Å². The van der Waals surface area contributed by atoms with Crippen molar-refractivity contribution in [3.63, 3.8) is 0 Å². The summed E-state index contributed by atoms with van der Waals surface area (Å²) in [5, 5.41) is 11.1. The van der Waals surface area contributed by atoms with E-state index in [0.717, 1.165) is 11.4 Å². The van der Waals surface area contributed by atoms with Crippen LogP contribution in [-0.2, 0) is 10.3 Å². The maximum absolute atomic E-state index is 14.3. The van der Waals surface area contributed by atoms with Gasteiger partial charge in [0.1, 0.15) is 18.2 Å². The van der Waals surface area contributed by atoms with E-state index in [-0.39, 0.29) is 5.82 Å². The lowest BCUT2D eigenvalue weighted by Crippen LogP contribution is -2.32. The van der Waals surface area contributed by atoms with E-state index in [0.29, 0.717) is 18.2 Å². The van der Waals surface area contributed by atoms with Gasteiger partial charge in [-0.2, -0.15) is 0 Å². The Labute approximate surface area is 165 Å². The third-order valence-electron chi connectivity index (χ3n) is 5.07. The first kappa shape index (κ1) is 17.5. The number of aromatic nitrogens is 6. The predicted molar refractivity (Wildman–Crippen MR) is 100 cm³/mol. The van der Waals surface area contributed by atoms with Crippen LogP contribution < -0.4 is 4.74 Å². The number of hydrogen-bond donors (Lipinski definition) is 0. The average Bonchev–Trinajstić information content (AvgIpc) is 3.14. The molecule has 1 aliphatic rings. The van der Waals surface area contributed by atoms with Crippen LogP contribution in [0.15, 0.2) is 67.3 Å². The van der Waals surface area contributed by atoms with Crippen molar-refractivity contribution in [1.29, 1.82) is 0 Å². The van der Waals surface area contributed by atoms with E-state index in [4.69, 9.17) is 9.47 Å². The standard InChI is InChI=1S/C20H17FN6O2/c1-14(20(12-28-20)17-4-2-3-5-18(17)21)29-19-22-10-11-26(19)15-6-8-16(9-7-15)27-13-23-24-25-27/h2-11,13-14H,12H2,1H3/t14-,20-/m1/s1. The van der Waals surface area contributed by atoms with Crippen molar-refractivity contribution < 1.29 is 13.9 Å². The van der Waals surface area contributed by atoms with Gasteiger partial charge in [0.2, 0.25) is 0 Å². The highest BCUT2D eigenvalue weighted by molar-refractivity contribution is 5.42. The molecule has 0 bridgehead atoms. The van der Waals surface area contributed by atoms with Crippen molar-refractivity contribution >= 4 is 0 Å². The Morgan fingerprint density at radius 3 is 2.59 bits per heavy atom. The third-order valence-corrected chi connectivity index (χ3v) is 5.07. The van der Waals surface area contributed by atoms with Crippen molar-refractivity contribution in [2.24, 2.45) is 0 Å². The fraction of sp³-hybridized carbons (Fsp3) is 0.200. The molecule has 0 spiro atoms. The highest BCUT2D eigenvalue weighted by atomic mass is 19.1. The molecular formula is C20H17FN6O2. The second-order valence-electron chi connectivity index (χ2n) is 6.77. The average molecular weight is 392 g/mol. The molecule has 8 nitrogen and oxygen atoms in total. The molecule has 5 rings (SSSR count). The Hall–Kier alpha value is -3.59. The van der Waals surface area contributed by atoms with E-state index in [9.17, 15) is 4.39 Å². The van der Waals surface area contributed by atoms with Gasteiger partial charge in [-0.1, -0.05) is 18.2 Å². The summed E-state index contributed by atoms with van der Waals surface area (Å²) in [5.74, 6) is -0.304. The van der Waals surface area contributed by atoms with Gasteiger partial charge in [0.05, 0.1) is 18.0 Å². The largest absolute Gasteiger partial charge is 0.458 e.